The molecule has 1 amide bonds. The highest BCUT2D eigenvalue weighted by atomic mass is 16.2. The van der Waals surface area contributed by atoms with E-state index in [4.69, 9.17) is 11.0 Å². The van der Waals surface area contributed by atoms with Crippen LogP contribution in [0.4, 0.5) is 5.69 Å². The van der Waals surface area contributed by atoms with E-state index in [0.717, 1.165) is 37.2 Å². The van der Waals surface area contributed by atoms with Crippen molar-refractivity contribution < 1.29 is 4.79 Å². The molecule has 0 unspecified atom stereocenters. The first-order valence-electron chi connectivity index (χ1n) is 6.91. The number of rotatable bonds is 4. The number of hydrogen-bond donors (Lipinski definition) is 2. The summed E-state index contributed by atoms with van der Waals surface area (Å²) in [6, 6.07) is 9.64. The molecule has 0 spiro atoms. The molecule has 5 nitrogen and oxygen atoms in total. The van der Waals surface area contributed by atoms with Gasteiger partial charge < -0.3 is 11.1 Å². The van der Waals surface area contributed by atoms with E-state index in [2.05, 4.69) is 16.3 Å². The second-order valence-corrected chi connectivity index (χ2v) is 5.22. The number of amides is 1. The molecule has 1 aliphatic rings. The van der Waals surface area contributed by atoms with Gasteiger partial charge in [0.1, 0.15) is 0 Å². The van der Waals surface area contributed by atoms with Gasteiger partial charge in [-0.2, -0.15) is 5.26 Å². The van der Waals surface area contributed by atoms with Crippen LogP contribution in [0.3, 0.4) is 0 Å². The lowest BCUT2D eigenvalue weighted by Gasteiger charge is -2.29. The molecule has 0 saturated carbocycles. The molecule has 0 aromatic heterocycles. The normalized spacial score (nSPS) is 19.3. The third kappa shape index (κ3) is 4.34. The molecule has 106 valence electrons. The van der Waals surface area contributed by atoms with E-state index in [1.165, 1.54) is 0 Å². The zero-order valence-electron chi connectivity index (χ0n) is 11.5. The third-order valence-electron chi connectivity index (χ3n) is 3.43. The van der Waals surface area contributed by atoms with Crippen LogP contribution in [0.1, 0.15) is 18.4 Å². The molecule has 1 aromatic rings. The number of piperidine rings is 1. The summed E-state index contributed by atoms with van der Waals surface area (Å²) in [5.41, 5.74) is 7.61. The molecule has 1 aliphatic heterocycles. The van der Waals surface area contributed by atoms with E-state index < -0.39 is 0 Å². The first kappa shape index (κ1) is 14.5. The number of nitrogens with one attached hydrogen (secondary N) is 1. The van der Waals surface area contributed by atoms with Gasteiger partial charge in [-0.3, -0.25) is 9.69 Å². The van der Waals surface area contributed by atoms with Crippen LogP contribution in [0, 0.1) is 11.3 Å². The maximum absolute atomic E-state index is 12.0. The van der Waals surface area contributed by atoms with Gasteiger partial charge in [0, 0.05) is 18.3 Å². The Morgan fingerprint density at radius 2 is 2.20 bits per heavy atom. The molecule has 0 aliphatic carbocycles. The predicted molar refractivity (Wildman–Crippen MR) is 78.0 cm³/mol. The zero-order chi connectivity index (χ0) is 14.4. The average Bonchev–Trinajstić information content (AvgIpc) is 2.41. The van der Waals surface area contributed by atoms with E-state index in [-0.39, 0.29) is 11.9 Å². The first-order valence-corrected chi connectivity index (χ1v) is 6.91. The number of carbonyl (C=O) groups is 1. The van der Waals surface area contributed by atoms with E-state index in [0.29, 0.717) is 13.0 Å². The number of benzene rings is 1. The summed E-state index contributed by atoms with van der Waals surface area (Å²) in [5, 5.41) is 11.5. The van der Waals surface area contributed by atoms with Crippen LogP contribution in [-0.4, -0.2) is 36.5 Å². The van der Waals surface area contributed by atoms with E-state index in [9.17, 15) is 4.79 Å². The highest BCUT2D eigenvalue weighted by Gasteiger charge is 2.18. The predicted octanol–water partition coefficient (Wildman–Crippen LogP) is 1.11. The number of nitrogens with zero attached hydrogens (tertiary/aromatic N) is 2. The highest BCUT2D eigenvalue weighted by Crippen LogP contribution is 2.11. The van der Waals surface area contributed by atoms with Crippen molar-refractivity contribution in [3.63, 3.8) is 0 Å². The van der Waals surface area contributed by atoms with Crippen molar-refractivity contribution in [1.29, 1.82) is 5.26 Å². The number of nitriles is 1. The quantitative estimate of drug-likeness (QED) is 0.860. The number of likely N-dealkylation sites (tertiary alicyclic amines) is 1. The van der Waals surface area contributed by atoms with Crippen molar-refractivity contribution in [2.45, 2.75) is 25.3 Å². The standard InChI is InChI=1S/C15H20N4O/c16-8-7-12-3-5-14(6-4-12)18-15(20)11-19-9-1-2-13(17)10-19/h3-6,13H,1-2,7,9-11,17H2,(H,18,20)/t13-/m1/s1. The van der Waals surface area contributed by atoms with Crippen LogP contribution in [0.5, 0.6) is 0 Å². The van der Waals surface area contributed by atoms with Gasteiger partial charge in [-0.05, 0) is 37.1 Å². The van der Waals surface area contributed by atoms with Crippen LogP contribution in [0.15, 0.2) is 24.3 Å². The number of carbonyl (C=O) groups excluding carboxylic acids is 1. The van der Waals surface area contributed by atoms with Gasteiger partial charge in [-0.15, -0.1) is 0 Å². The van der Waals surface area contributed by atoms with Gasteiger partial charge in [0.25, 0.3) is 0 Å². The zero-order valence-corrected chi connectivity index (χ0v) is 11.5. The summed E-state index contributed by atoms with van der Waals surface area (Å²) in [7, 11) is 0. The van der Waals surface area contributed by atoms with E-state index >= 15 is 0 Å². The minimum absolute atomic E-state index is 0.0212. The Morgan fingerprint density at radius 3 is 2.85 bits per heavy atom. The second-order valence-electron chi connectivity index (χ2n) is 5.22. The van der Waals surface area contributed by atoms with Crippen molar-refractivity contribution in [3.8, 4) is 6.07 Å². The van der Waals surface area contributed by atoms with Crippen molar-refractivity contribution >= 4 is 11.6 Å². The Bertz CT molecular complexity index is 492. The lowest BCUT2D eigenvalue weighted by molar-refractivity contribution is -0.117. The molecule has 3 N–H and O–H groups in total. The average molecular weight is 272 g/mol. The smallest absolute Gasteiger partial charge is 0.238 e. The number of hydrogen-bond acceptors (Lipinski definition) is 4. The summed E-state index contributed by atoms with van der Waals surface area (Å²) in [5.74, 6) is -0.0212. The Kier molecular flexibility index (Phi) is 5.10. The van der Waals surface area contributed by atoms with Gasteiger partial charge in [-0.25, -0.2) is 0 Å². The van der Waals surface area contributed by atoms with Crippen LogP contribution in [0.25, 0.3) is 0 Å². The summed E-state index contributed by atoms with van der Waals surface area (Å²) in [4.78, 5) is 14.0. The van der Waals surface area contributed by atoms with E-state index in [1.54, 1.807) is 0 Å². The molecule has 1 aromatic carbocycles. The Hall–Kier alpha value is -1.90. The molecule has 1 fully saturated rings. The highest BCUT2D eigenvalue weighted by molar-refractivity contribution is 5.92. The molecule has 2 rings (SSSR count). The fourth-order valence-corrected chi connectivity index (χ4v) is 2.44. The fourth-order valence-electron chi connectivity index (χ4n) is 2.44. The van der Waals surface area contributed by atoms with Crippen molar-refractivity contribution in [3.05, 3.63) is 29.8 Å². The SMILES string of the molecule is N#CCc1ccc(NC(=O)CN2CCC[C@@H](N)C2)cc1. The summed E-state index contributed by atoms with van der Waals surface area (Å²) in [6.45, 7) is 2.10. The van der Waals surface area contributed by atoms with Crippen LogP contribution in [0.2, 0.25) is 0 Å². The molecule has 5 heteroatoms. The Morgan fingerprint density at radius 1 is 1.45 bits per heavy atom. The monoisotopic (exact) mass is 272 g/mol. The van der Waals surface area contributed by atoms with Crippen LogP contribution in [-0.2, 0) is 11.2 Å². The number of anilines is 1. The Labute approximate surface area is 119 Å². The molecule has 1 heterocycles. The molecule has 1 saturated heterocycles. The van der Waals surface area contributed by atoms with Crippen molar-refractivity contribution in [1.82, 2.24) is 4.90 Å². The van der Waals surface area contributed by atoms with Gasteiger partial charge in [0.2, 0.25) is 5.91 Å². The summed E-state index contributed by atoms with van der Waals surface area (Å²) < 4.78 is 0. The molecule has 0 bridgehead atoms. The van der Waals surface area contributed by atoms with Gasteiger partial charge in [-0.1, -0.05) is 12.1 Å². The summed E-state index contributed by atoms with van der Waals surface area (Å²) in [6.07, 6.45) is 2.48. The van der Waals surface area contributed by atoms with Crippen LogP contribution >= 0.6 is 0 Å². The molecular formula is C15H20N4O. The van der Waals surface area contributed by atoms with E-state index in [1.807, 2.05) is 24.3 Å². The number of nitrogens with two attached hydrogens (primary N) is 1. The fraction of sp³-hybridized carbons (Fsp3) is 0.467. The maximum atomic E-state index is 12.0. The third-order valence-corrected chi connectivity index (χ3v) is 3.43. The molecule has 20 heavy (non-hydrogen) atoms. The molecule has 1 atom stereocenters. The maximum Gasteiger partial charge on any atom is 0.238 e. The first-order chi connectivity index (χ1) is 9.67. The van der Waals surface area contributed by atoms with Gasteiger partial charge in [0.15, 0.2) is 0 Å². The Balaban J connectivity index is 1.83. The minimum Gasteiger partial charge on any atom is -0.327 e. The van der Waals surface area contributed by atoms with Crippen molar-refractivity contribution in [2.24, 2.45) is 5.73 Å². The lowest BCUT2D eigenvalue weighted by Crippen LogP contribution is -2.45. The molecular weight excluding hydrogens is 252 g/mol. The molecule has 0 radical (unpaired) electrons. The lowest BCUT2D eigenvalue weighted by atomic mass is 10.1. The largest absolute Gasteiger partial charge is 0.327 e. The summed E-state index contributed by atoms with van der Waals surface area (Å²) >= 11 is 0. The second kappa shape index (κ2) is 7.04. The van der Waals surface area contributed by atoms with Crippen LogP contribution < -0.4 is 11.1 Å². The van der Waals surface area contributed by atoms with Gasteiger partial charge >= 0.3 is 0 Å². The minimum atomic E-state index is -0.0212. The topological polar surface area (TPSA) is 82.2 Å². The van der Waals surface area contributed by atoms with Crippen molar-refractivity contribution in [2.75, 3.05) is 25.0 Å². The van der Waals surface area contributed by atoms with Gasteiger partial charge in [0.05, 0.1) is 19.0 Å².